The lowest BCUT2D eigenvalue weighted by molar-refractivity contribution is -0.137. The normalized spacial score (nSPS) is 12.3. The van der Waals surface area contributed by atoms with E-state index in [-0.39, 0.29) is 81.6 Å². The number of benzene rings is 5. The van der Waals surface area contributed by atoms with Crippen molar-refractivity contribution in [1.82, 2.24) is 10.2 Å². The third-order valence-electron chi connectivity index (χ3n) is 10.5. The number of anilines is 1. The van der Waals surface area contributed by atoms with E-state index >= 15 is 0 Å². The summed E-state index contributed by atoms with van der Waals surface area (Å²) in [6.45, 7) is 0.359. The summed E-state index contributed by atoms with van der Waals surface area (Å²) in [6.07, 6.45) is 2.31. The Morgan fingerprint density at radius 3 is 2.11 bits per heavy atom. The highest BCUT2D eigenvalue weighted by atomic mass is 32.2. The Hall–Kier alpha value is -6.49. The van der Waals surface area contributed by atoms with Crippen LogP contribution in [-0.4, -0.2) is 86.8 Å². The van der Waals surface area contributed by atoms with Crippen LogP contribution in [0.25, 0.3) is 33.4 Å². The molecule has 0 unspecified atom stereocenters. The molecule has 1 heterocycles. The number of carboxylic acid groups (broad SMARTS) is 1. The van der Waals surface area contributed by atoms with Crippen LogP contribution in [-0.2, 0) is 53.0 Å². The Morgan fingerprint density at radius 2 is 1.41 bits per heavy atom. The van der Waals surface area contributed by atoms with E-state index in [1.807, 2.05) is 0 Å². The number of aliphatic carboxylic acids is 1. The number of unbranched alkanes of at least 4 members (excludes halogenated alkanes) is 2. The molecule has 21 heteroatoms. The molecule has 0 saturated carbocycles. The minimum atomic E-state index is -4.98. The number of rotatable bonds is 20. The fourth-order valence-corrected chi connectivity index (χ4v) is 9.10. The maximum atomic E-state index is 14.2. The van der Waals surface area contributed by atoms with Crippen molar-refractivity contribution in [3.8, 4) is 22.5 Å². The van der Waals surface area contributed by atoms with Gasteiger partial charge in [0.05, 0.1) is 21.7 Å². The van der Waals surface area contributed by atoms with E-state index in [2.05, 4.69) is 15.6 Å². The van der Waals surface area contributed by atoms with Crippen LogP contribution in [0.2, 0.25) is 0 Å². The molecule has 0 fully saturated rings. The fraction of sp³-hybridized carbons (Fsp3) is 0.244. The second kappa shape index (κ2) is 20.8. The van der Waals surface area contributed by atoms with Crippen molar-refractivity contribution in [1.29, 1.82) is 0 Å². The molecular weight excluding hydrogens is 917 g/mol. The first-order valence-electron chi connectivity index (χ1n) is 20.4. The Balaban J connectivity index is 1.40. The van der Waals surface area contributed by atoms with E-state index in [0.717, 1.165) is 12.1 Å². The van der Waals surface area contributed by atoms with E-state index in [1.165, 1.54) is 47.4 Å². The summed E-state index contributed by atoms with van der Waals surface area (Å²) in [5.74, 6) is -1.44. The highest BCUT2D eigenvalue weighted by Crippen LogP contribution is 2.43. The Labute approximate surface area is 380 Å². The van der Waals surface area contributed by atoms with Crippen molar-refractivity contribution in [2.75, 3.05) is 25.5 Å². The van der Waals surface area contributed by atoms with Gasteiger partial charge in [0, 0.05) is 79.4 Å². The molecule has 0 spiro atoms. The maximum Gasteiger partial charge on any atom is 0.303 e. The van der Waals surface area contributed by atoms with E-state index in [1.54, 1.807) is 55.6 Å². The average Bonchev–Trinajstić information content (AvgIpc) is 3.26. The van der Waals surface area contributed by atoms with E-state index in [4.69, 9.17) is 9.52 Å². The molecule has 0 bridgehead atoms. The predicted molar refractivity (Wildman–Crippen MR) is 243 cm³/mol. The van der Waals surface area contributed by atoms with Crippen LogP contribution >= 0.6 is 0 Å². The topological polar surface area (TPSA) is 287 Å². The first kappa shape index (κ1) is 49.0. The molecule has 4 aromatic carbocycles. The van der Waals surface area contributed by atoms with Crippen molar-refractivity contribution in [2.45, 2.75) is 66.3 Å². The number of fused-ring (bicyclic) bond motifs is 2. The summed E-state index contributed by atoms with van der Waals surface area (Å²) in [5.41, 5.74) is 2.43. The van der Waals surface area contributed by atoms with Crippen molar-refractivity contribution in [3.05, 3.63) is 125 Å². The number of carbonyl (C=O) groups is 3. The predicted octanol–water partition coefficient (Wildman–Crippen LogP) is 6.27. The standard InChI is InChI=1S/C45H46N4O14S3/c1-49(23-9-14-42(50)46-22-8-2-3-15-43(51)52)45(53)34-12-6-5-11-33(34)44-35-21-18-31(47-28-30-10-4-7-13-40(30)65(57,58)59)24-38(35)63-39-26-37(41(25-36(39)44)66(60,61)62)48-27-29-16-19-32(20-17-29)64(54,55)56/h4-7,10-13,16-21,24-26,47H,2-3,8-9,14-15,22-23,27-28H2,1H3,(H,46,50)(H,51,52)(H,54,55,56)(H,57,58,59)(H,60,61,62). The van der Waals surface area contributed by atoms with E-state index < -0.39 is 47.1 Å². The van der Waals surface area contributed by atoms with Gasteiger partial charge in [-0.3, -0.25) is 33.0 Å². The summed E-state index contributed by atoms with van der Waals surface area (Å²) in [7, 11) is -12.4. The van der Waals surface area contributed by atoms with Gasteiger partial charge >= 0.3 is 5.97 Å². The van der Waals surface area contributed by atoms with Crippen LogP contribution < -0.4 is 16.0 Å². The van der Waals surface area contributed by atoms with E-state index in [9.17, 15) is 53.3 Å². The number of hydrogen-bond acceptors (Lipinski definition) is 12. The number of hydrogen-bond donors (Lipinski definition) is 6. The summed E-state index contributed by atoms with van der Waals surface area (Å²) in [6, 6.07) is 24.9. The molecule has 0 atom stereocenters. The largest absolute Gasteiger partial charge is 0.481 e. The van der Waals surface area contributed by atoms with Crippen LogP contribution in [0.15, 0.2) is 127 Å². The lowest BCUT2D eigenvalue weighted by atomic mass is 9.90. The molecule has 0 aromatic heterocycles. The summed E-state index contributed by atoms with van der Waals surface area (Å²) in [5, 5.41) is 14.9. The quantitative estimate of drug-likeness (QED) is 0.0279. The molecule has 348 valence electrons. The zero-order valence-corrected chi connectivity index (χ0v) is 37.8. The molecular formula is C45H46N4O14S3. The van der Waals surface area contributed by atoms with Gasteiger partial charge in [-0.05, 0) is 78.4 Å². The SMILES string of the molecule is CN(CCCC(=O)NCCCCCC(=O)O)C(=O)c1ccccc1-c1c2cc(S(=O)(=O)O)c(=NCc3ccc(S(=O)(=O)O)cc3)cc-2oc2cc(NCc3ccccc3S(=O)(=O)O)ccc12. The summed E-state index contributed by atoms with van der Waals surface area (Å²) < 4.78 is 109. The van der Waals surface area contributed by atoms with Crippen molar-refractivity contribution in [2.24, 2.45) is 4.99 Å². The van der Waals surface area contributed by atoms with Gasteiger partial charge in [-0.15, -0.1) is 0 Å². The van der Waals surface area contributed by atoms with Crippen LogP contribution in [0.4, 0.5) is 5.69 Å². The second-order valence-corrected chi connectivity index (χ2v) is 19.5. The molecule has 1 aliphatic heterocycles. The van der Waals surface area contributed by atoms with Crippen LogP contribution in [0, 0.1) is 0 Å². The molecule has 2 aliphatic rings. The van der Waals surface area contributed by atoms with Crippen molar-refractivity contribution < 1.29 is 62.8 Å². The molecule has 6 rings (SSSR count). The number of carbonyl (C=O) groups excluding carboxylic acids is 2. The highest BCUT2D eigenvalue weighted by molar-refractivity contribution is 7.86. The van der Waals surface area contributed by atoms with Gasteiger partial charge in [0.1, 0.15) is 16.2 Å². The average molecular weight is 963 g/mol. The molecule has 18 nitrogen and oxygen atoms in total. The molecule has 0 radical (unpaired) electrons. The third kappa shape index (κ3) is 12.4. The lowest BCUT2D eigenvalue weighted by Gasteiger charge is -2.22. The van der Waals surface area contributed by atoms with Gasteiger partial charge in [0.25, 0.3) is 36.3 Å². The molecule has 2 amide bonds. The first-order chi connectivity index (χ1) is 31.2. The van der Waals surface area contributed by atoms with Crippen LogP contribution in [0.1, 0.15) is 60.0 Å². The minimum absolute atomic E-state index is 0.0339. The first-order valence-corrected chi connectivity index (χ1v) is 24.7. The van der Waals surface area contributed by atoms with Crippen molar-refractivity contribution >= 4 is 64.8 Å². The summed E-state index contributed by atoms with van der Waals surface area (Å²) in [4.78, 5) is 42.1. The summed E-state index contributed by atoms with van der Waals surface area (Å²) >= 11 is 0. The number of amides is 2. The number of nitrogens with zero attached hydrogens (tertiary/aromatic N) is 2. The lowest BCUT2D eigenvalue weighted by Crippen LogP contribution is -2.30. The highest BCUT2D eigenvalue weighted by Gasteiger charge is 2.27. The third-order valence-corrected chi connectivity index (χ3v) is 13.2. The number of nitrogens with one attached hydrogen (secondary N) is 2. The number of carboxylic acids is 1. The van der Waals surface area contributed by atoms with Gasteiger partial charge in [-0.25, -0.2) is 0 Å². The molecule has 6 N–H and O–H groups in total. The minimum Gasteiger partial charge on any atom is -0.481 e. The fourth-order valence-electron chi connectivity index (χ4n) is 7.24. The molecule has 66 heavy (non-hydrogen) atoms. The van der Waals surface area contributed by atoms with Crippen molar-refractivity contribution in [3.63, 3.8) is 0 Å². The Morgan fingerprint density at radius 1 is 0.712 bits per heavy atom. The molecule has 0 saturated heterocycles. The van der Waals surface area contributed by atoms with Gasteiger partial charge in [-0.2, -0.15) is 25.3 Å². The Bertz CT molecular complexity index is 3170. The van der Waals surface area contributed by atoms with E-state index in [0.29, 0.717) is 60.0 Å². The van der Waals surface area contributed by atoms with Gasteiger partial charge in [0.15, 0.2) is 0 Å². The van der Waals surface area contributed by atoms with Gasteiger partial charge in [-0.1, -0.05) is 55.0 Å². The zero-order valence-electron chi connectivity index (χ0n) is 35.4. The smallest absolute Gasteiger partial charge is 0.303 e. The van der Waals surface area contributed by atoms with Gasteiger partial charge < -0.3 is 25.1 Å². The zero-order chi connectivity index (χ0) is 47.8. The molecule has 1 aliphatic carbocycles. The monoisotopic (exact) mass is 962 g/mol. The van der Waals surface area contributed by atoms with Crippen LogP contribution in [0.5, 0.6) is 0 Å². The Kier molecular flexibility index (Phi) is 15.4. The van der Waals surface area contributed by atoms with Gasteiger partial charge in [0.2, 0.25) is 5.91 Å². The maximum absolute atomic E-state index is 14.2. The molecule has 4 aromatic rings. The van der Waals surface area contributed by atoms with Crippen LogP contribution in [0.3, 0.4) is 0 Å². The second-order valence-electron chi connectivity index (χ2n) is 15.3.